The summed E-state index contributed by atoms with van der Waals surface area (Å²) in [6.07, 6.45) is 1.94. The van der Waals surface area contributed by atoms with Gasteiger partial charge in [-0.3, -0.25) is 4.79 Å². The van der Waals surface area contributed by atoms with Crippen molar-refractivity contribution in [2.75, 3.05) is 13.1 Å². The van der Waals surface area contributed by atoms with Crippen molar-refractivity contribution in [3.8, 4) is 0 Å². The second-order valence-electron chi connectivity index (χ2n) is 2.54. The Labute approximate surface area is 54.6 Å². The van der Waals surface area contributed by atoms with Gasteiger partial charge in [0.2, 0.25) is 5.91 Å². The van der Waals surface area contributed by atoms with Crippen LogP contribution >= 0.6 is 0 Å². The van der Waals surface area contributed by atoms with Crippen LogP contribution in [-0.2, 0) is 4.79 Å². The lowest BCUT2D eigenvalue weighted by Gasteiger charge is -2.16. The van der Waals surface area contributed by atoms with Crippen LogP contribution in [0.3, 0.4) is 0 Å². The molecular weight excluding hydrogens is 116 g/mol. The standard InChI is InChI=1S/C6H12N2O/c7-6(9)5-1-3-8-4-2-5/h5,8H,1-4H2,(H2,7,9)/p+1. The van der Waals surface area contributed by atoms with E-state index in [1.807, 2.05) is 0 Å². The Kier molecular flexibility index (Phi) is 2.05. The summed E-state index contributed by atoms with van der Waals surface area (Å²) >= 11 is 0. The maximum atomic E-state index is 10.6. The molecule has 0 aliphatic carbocycles. The van der Waals surface area contributed by atoms with E-state index in [0.29, 0.717) is 0 Å². The van der Waals surface area contributed by atoms with Gasteiger partial charge in [0.15, 0.2) is 0 Å². The molecule has 1 rings (SSSR count). The van der Waals surface area contributed by atoms with Crippen LogP contribution in [0, 0.1) is 5.92 Å². The summed E-state index contributed by atoms with van der Waals surface area (Å²) in [7, 11) is 0. The maximum absolute atomic E-state index is 10.6. The van der Waals surface area contributed by atoms with Crippen LogP contribution < -0.4 is 11.1 Å². The minimum atomic E-state index is -0.122. The van der Waals surface area contributed by atoms with Gasteiger partial charge in [-0.1, -0.05) is 0 Å². The van der Waals surface area contributed by atoms with Gasteiger partial charge in [0.25, 0.3) is 0 Å². The van der Waals surface area contributed by atoms with Crippen molar-refractivity contribution in [3.05, 3.63) is 0 Å². The highest BCUT2D eigenvalue weighted by Crippen LogP contribution is 2.06. The lowest BCUT2D eigenvalue weighted by atomic mass is 9.98. The molecule has 0 unspecified atom stereocenters. The van der Waals surface area contributed by atoms with E-state index in [-0.39, 0.29) is 11.8 Å². The van der Waals surface area contributed by atoms with E-state index in [0.717, 1.165) is 25.9 Å². The smallest absolute Gasteiger partial charge is 0.220 e. The van der Waals surface area contributed by atoms with Crippen molar-refractivity contribution in [3.63, 3.8) is 0 Å². The van der Waals surface area contributed by atoms with Crippen molar-refractivity contribution in [2.45, 2.75) is 12.8 Å². The number of rotatable bonds is 1. The Balaban J connectivity index is 2.31. The molecule has 1 fully saturated rings. The molecule has 1 aliphatic rings. The van der Waals surface area contributed by atoms with E-state index in [9.17, 15) is 4.79 Å². The number of amides is 1. The molecule has 0 spiro atoms. The molecule has 0 saturated carbocycles. The Morgan fingerprint density at radius 1 is 1.44 bits per heavy atom. The number of primary amides is 1. The van der Waals surface area contributed by atoms with Crippen LogP contribution in [-0.4, -0.2) is 19.0 Å². The summed E-state index contributed by atoms with van der Waals surface area (Å²) < 4.78 is 0. The molecule has 1 heterocycles. The topological polar surface area (TPSA) is 59.7 Å². The highest BCUT2D eigenvalue weighted by molar-refractivity contribution is 5.76. The van der Waals surface area contributed by atoms with Crippen molar-refractivity contribution in [1.29, 1.82) is 0 Å². The average Bonchev–Trinajstić information content (AvgIpc) is 1.90. The normalized spacial score (nSPS) is 21.8. The molecule has 0 aromatic carbocycles. The fourth-order valence-corrected chi connectivity index (χ4v) is 1.21. The van der Waals surface area contributed by atoms with E-state index in [2.05, 4.69) is 5.32 Å². The van der Waals surface area contributed by atoms with Gasteiger partial charge < -0.3 is 11.1 Å². The predicted octanol–water partition coefficient (Wildman–Crippen LogP) is -1.55. The summed E-state index contributed by atoms with van der Waals surface area (Å²) in [6.45, 7) is 2.13. The zero-order chi connectivity index (χ0) is 6.69. The van der Waals surface area contributed by atoms with Crippen LogP contribution in [0.1, 0.15) is 12.8 Å². The third-order valence-corrected chi connectivity index (χ3v) is 1.84. The molecule has 4 N–H and O–H groups in total. The molecule has 1 aliphatic heterocycles. The van der Waals surface area contributed by atoms with Crippen molar-refractivity contribution in [2.24, 2.45) is 11.7 Å². The number of piperidine rings is 1. The Morgan fingerprint density at radius 3 is 2.33 bits per heavy atom. The van der Waals surface area contributed by atoms with Crippen LogP contribution in [0.25, 0.3) is 0 Å². The van der Waals surface area contributed by atoms with Gasteiger partial charge in [-0.25, -0.2) is 0 Å². The monoisotopic (exact) mass is 129 g/mol. The molecule has 3 nitrogen and oxygen atoms in total. The molecule has 0 aromatic rings. The molecule has 0 radical (unpaired) electrons. The number of carbonyl (C=O) groups excluding carboxylic acids is 1. The molecule has 1 saturated heterocycles. The van der Waals surface area contributed by atoms with E-state index in [1.165, 1.54) is 0 Å². The predicted molar refractivity (Wildman–Crippen MR) is 33.6 cm³/mol. The van der Waals surface area contributed by atoms with Crippen LogP contribution in [0.15, 0.2) is 0 Å². The highest BCUT2D eigenvalue weighted by atomic mass is 16.1. The fourth-order valence-electron chi connectivity index (χ4n) is 1.21. The van der Waals surface area contributed by atoms with Crippen molar-refractivity contribution in [1.82, 2.24) is 0 Å². The zero-order valence-corrected chi connectivity index (χ0v) is 5.47. The first-order valence-corrected chi connectivity index (χ1v) is 3.41. The summed E-state index contributed by atoms with van der Waals surface area (Å²) in [5.74, 6) is 0.0399. The quantitative estimate of drug-likeness (QED) is 0.442. The lowest BCUT2D eigenvalue weighted by Crippen LogP contribution is -2.86. The van der Waals surface area contributed by atoms with Crippen LogP contribution in [0.5, 0.6) is 0 Å². The first kappa shape index (κ1) is 6.55. The first-order chi connectivity index (χ1) is 4.30. The van der Waals surface area contributed by atoms with E-state index >= 15 is 0 Å². The molecule has 0 atom stereocenters. The van der Waals surface area contributed by atoms with Gasteiger partial charge in [-0.05, 0) is 0 Å². The fraction of sp³-hybridized carbons (Fsp3) is 0.833. The van der Waals surface area contributed by atoms with Crippen LogP contribution in [0.4, 0.5) is 0 Å². The third-order valence-electron chi connectivity index (χ3n) is 1.84. The SMILES string of the molecule is NC(=O)C1CC[NH2+]CC1. The molecule has 0 aromatic heterocycles. The number of nitrogens with two attached hydrogens (primary N) is 2. The van der Waals surface area contributed by atoms with E-state index < -0.39 is 0 Å². The summed E-state index contributed by atoms with van der Waals surface area (Å²) in [4.78, 5) is 10.6. The van der Waals surface area contributed by atoms with Crippen molar-refractivity contribution >= 4 is 5.91 Å². The molecule has 1 amide bonds. The largest absolute Gasteiger partial charge is 0.369 e. The molecule has 3 heteroatoms. The lowest BCUT2D eigenvalue weighted by molar-refractivity contribution is -0.663. The van der Waals surface area contributed by atoms with E-state index in [4.69, 9.17) is 5.73 Å². The zero-order valence-electron chi connectivity index (χ0n) is 5.47. The minimum Gasteiger partial charge on any atom is -0.369 e. The van der Waals surface area contributed by atoms with E-state index in [1.54, 1.807) is 0 Å². The number of quaternary nitrogens is 1. The molecule has 0 bridgehead atoms. The third kappa shape index (κ3) is 1.68. The maximum Gasteiger partial charge on any atom is 0.220 e. The number of hydrogen-bond donors (Lipinski definition) is 2. The minimum absolute atomic E-state index is 0.122. The summed E-state index contributed by atoms with van der Waals surface area (Å²) in [6, 6.07) is 0. The molecule has 9 heavy (non-hydrogen) atoms. The van der Waals surface area contributed by atoms with Gasteiger partial charge in [0.05, 0.1) is 13.1 Å². The Bertz CT molecular complexity index is 108. The van der Waals surface area contributed by atoms with Gasteiger partial charge in [-0.2, -0.15) is 0 Å². The number of carbonyl (C=O) groups is 1. The average molecular weight is 129 g/mol. The molecule has 52 valence electrons. The second kappa shape index (κ2) is 2.82. The summed E-state index contributed by atoms with van der Waals surface area (Å²) in [5.41, 5.74) is 5.11. The Morgan fingerprint density at radius 2 is 2.00 bits per heavy atom. The van der Waals surface area contributed by atoms with Gasteiger partial charge in [0, 0.05) is 18.8 Å². The highest BCUT2D eigenvalue weighted by Gasteiger charge is 2.19. The second-order valence-corrected chi connectivity index (χ2v) is 2.54. The number of hydrogen-bond acceptors (Lipinski definition) is 1. The molecular formula is C6H13N2O+. The van der Waals surface area contributed by atoms with Gasteiger partial charge in [-0.15, -0.1) is 0 Å². The van der Waals surface area contributed by atoms with Crippen LogP contribution in [0.2, 0.25) is 0 Å². The van der Waals surface area contributed by atoms with Gasteiger partial charge >= 0.3 is 0 Å². The first-order valence-electron chi connectivity index (χ1n) is 3.41. The Hall–Kier alpha value is -0.570. The van der Waals surface area contributed by atoms with Crippen molar-refractivity contribution < 1.29 is 10.1 Å². The summed E-state index contributed by atoms with van der Waals surface area (Å²) in [5, 5.41) is 2.22. The van der Waals surface area contributed by atoms with Gasteiger partial charge in [0.1, 0.15) is 0 Å².